The summed E-state index contributed by atoms with van der Waals surface area (Å²) in [6, 6.07) is 10.0. The van der Waals surface area contributed by atoms with Crippen molar-refractivity contribution in [1.29, 1.82) is 5.26 Å². The van der Waals surface area contributed by atoms with Gasteiger partial charge >= 0.3 is 0 Å². The zero-order valence-electron chi connectivity index (χ0n) is 11.3. The first-order valence-corrected chi connectivity index (χ1v) is 6.28. The molecule has 3 rings (SSSR count). The van der Waals surface area contributed by atoms with Gasteiger partial charge in [0.05, 0.1) is 11.8 Å². The van der Waals surface area contributed by atoms with E-state index in [9.17, 15) is 0 Å². The Hall–Kier alpha value is -3.14. The van der Waals surface area contributed by atoms with E-state index < -0.39 is 0 Å². The maximum absolute atomic E-state index is 8.94. The molecule has 0 amide bonds. The van der Waals surface area contributed by atoms with Gasteiger partial charge in [0.2, 0.25) is 0 Å². The molecule has 0 unspecified atom stereocenters. The second kappa shape index (κ2) is 5.09. The number of aromatic nitrogens is 4. The molecule has 2 N–H and O–H groups in total. The molecular weight excluding hydrogens is 268 g/mol. The maximum atomic E-state index is 8.94. The maximum Gasteiger partial charge on any atom is 0.199 e. The second-order valence-corrected chi connectivity index (χ2v) is 4.60. The van der Waals surface area contributed by atoms with E-state index in [1.54, 1.807) is 10.8 Å². The number of anilines is 1. The van der Waals surface area contributed by atoms with Crippen molar-refractivity contribution < 1.29 is 4.63 Å². The van der Waals surface area contributed by atoms with Crippen molar-refractivity contribution in [2.24, 2.45) is 0 Å². The van der Waals surface area contributed by atoms with Gasteiger partial charge in [0.15, 0.2) is 17.3 Å². The van der Waals surface area contributed by atoms with E-state index in [2.05, 4.69) is 26.0 Å². The summed E-state index contributed by atoms with van der Waals surface area (Å²) in [6.45, 7) is 2.16. The van der Waals surface area contributed by atoms with Crippen molar-refractivity contribution in [3.8, 4) is 28.8 Å². The highest BCUT2D eigenvalue weighted by Gasteiger charge is 2.18. The molecule has 0 atom stereocenters. The molecule has 104 valence electrons. The molecule has 0 saturated heterocycles. The molecule has 0 radical (unpaired) electrons. The second-order valence-electron chi connectivity index (χ2n) is 4.60. The number of imidazole rings is 1. The van der Waals surface area contributed by atoms with Crippen LogP contribution in [-0.4, -0.2) is 19.9 Å². The van der Waals surface area contributed by atoms with Crippen LogP contribution >= 0.6 is 0 Å². The van der Waals surface area contributed by atoms with Crippen molar-refractivity contribution >= 4 is 5.82 Å². The Kier molecular flexibility index (Phi) is 3.12. The Morgan fingerprint density at radius 2 is 2.05 bits per heavy atom. The van der Waals surface area contributed by atoms with Gasteiger partial charge in [0.1, 0.15) is 6.54 Å². The minimum Gasteiger partial charge on any atom is -0.379 e. The zero-order chi connectivity index (χ0) is 14.8. The fourth-order valence-electron chi connectivity index (χ4n) is 2.02. The number of hydrogen-bond acceptors (Lipinski definition) is 6. The first kappa shape index (κ1) is 12.9. The lowest BCUT2D eigenvalue weighted by Gasteiger charge is -1.98. The molecule has 2 heterocycles. The number of benzene rings is 1. The molecule has 0 aliphatic heterocycles. The van der Waals surface area contributed by atoms with Gasteiger partial charge in [0.25, 0.3) is 0 Å². The normalized spacial score (nSPS) is 10.5. The number of rotatable bonds is 3. The molecular formula is C14H12N6O. The Bertz CT molecular complexity index is 809. The van der Waals surface area contributed by atoms with Crippen LogP contribution < -0.4 is 5.73 Å². The zero-order valence-corrected chi connectivity index (χ0v) is 11.3. The van der Waals surface area contributed by atoms with E-state index in [0.29, 0.717) is 11.5 Å². The molecule has 0 aliphatic carbocycles. The number of aryl methyl sites for hydroxylation is 1. The monoisotopic (exact) mass is 280 g/mol. The van der Waals surface area contributed by atoms with Crippen LogP contribution in [0.3, 0.4) is 0 Å². The van der Waals surface area contributed by atoms with Crippen molar-refractivity contribution in [2.75, 3.05) is 5.73 Å². The van der Waals surface area contributed by atoms with Crippen molar-refractivity contribution in [2.45, 2.75) is 13.5 Å². The lowest BCUT2D eigenvalue weighted by atomic mass is 10.1. The molecule has 3 aromatic rings. The van der Waals surface area contributed by atoms with E-state index in [-0.39, 0.29) is 12.4 Å². The van der Waals surface area contributed by atoms with Crippen LogP contribution in [0.4, 0.5) is 5.82 Å². The lowest BCUT2D eigenvalue weighted by molar-refractivity contribution is 0.310. The number of nitrogens with two attached hydrogens (primary N) is 1. The van der Waals surface area contributed by atoms with Crippen LogP contribution in [0.5, 0.6) is 0 Å². The Morgan fingerprint density at radius 3 is 2.67 bits per heavy atom. The van der Waals surface area contributed by atoms with Crippen LogP contribution in [0.1, 0.15) is 5.56 Å². The summed E-state index contributed by atoms with van der Waals surface area (Å²) in [5.74, 6) is 0.612. The highest BCUT2D eigenvalue weighted by molar-refractivity contribution is 5.68. The average molecular weight is 280 g/mol. The van der Waals surface area contributed by atoms with Gasteiger partial charge in [0, 0.05) is 11.8 Å². The summed E-state index contributed by atoms with van der Waals surface area (Å²) in [5, 5.41) is 16.2. The molecule has 7 nitrogen and oxygen atoms in total. The molecule has 2 aromatic heterocycles. The number of nitrogen functional groups attached to an aromatic ring is 1. The Morgan fingerprint density at radius 1 is 1.29 bits per heavy atom. The van der Waals surface area contributed by atoms with Gasteiger partial charge in [-0.1, -0.05) is 29.8 Å². The van der Waals surface area contributed by atoms with Gasteiger partial charge in [-0.3, -0.25) is 0 Å². The minimum absolute atomic E-state index is 0.139. The standard InChI is InChI=1S/C14H12N6O/c1-9-2-4-10(5-3-9)11-8-20(7-6-15)14(17-11)12-13(16)19-21-18-12/h2-5,8H,7H2,1H3,(H2,16,19). The molecule has 0 bridgehead atoms. The number of nitriles is 1. The largest absolute Gasteiger partial charge is 0.379 e. The first-order valence-electron chi connectivity index (χ1n) is 6.28. The van der Waals surface area contributed by atoms with Crippen LogP contribution in [0.25, 0.3) is 22.8 Å². The SMILES string of the molecule is Cc1ccc(-c2cn(CC#N)c(-c3nonc3N)n2)cc1. The summed E-state index contributed by atoms with van der Waals surface area (Å²) < 4.78 is 6.27. The summed E-state index contributed by atoms with van der Waals surface area (Å²) in [6.07, 6.45) is 1.79. The van der Waals surface area contributed by atoms with Crippen LogP contribution in [0.15, 0.2) is 35.1 Å². The predicted molar refractivity (Wildman–Crippen MR) is 75.7 cm³/mol. The fraction of sp³-hybridized carbons (Fsp3) is 0.143. The van der Waals surface area contributed by atoms with Crippen LogP contribution in [0.2, 0.25) is 0 Å². The van der Waals surface area contributed by atoms with Gasteiger partial charge in [-0.15, -0.1) is 0 Å². The third-order valence-corrected chi connectivity index (χ3v) is 3.09. The highest BCUT2D eigenvalue weighted by atomic mass is 16.6. The molecule has 7 heteroatoms. The van der Waals surface area contributed by atoms with Gasteiger partial charge in [-0.25, -0.2) is 9.61 Å². The summed E-state index contributed by atoms with van der Waals surface area (Å²) >= 11 is 0. The van der Waals surface area contributed by atoms with E-state index in [4.69, 9.17) is 11.0 Å². The van der Waals surface area contributed by atoms with Gasteiger partial charge in [-0.2, -0.15) is 5.26 Å². The van der Waals surface area contributed by atoms with E-state index in [1.807, 2.05) is 31.2 Å². The fourth-order valence-corrected chi connectivity index (χ4v) is 2.02. The van der Waals surface area contributed by atoms with Crippen LogP contribution in [-0.2, 0) is 6.54 Å². The van der Waals surface area contributed by atoms with Crippen molar-refractivity contribution in [3.63, 3.8) is 0 Å². The molecule has 1 aromatic carbocycles. The lowest BCUT2D eigenvalue weighted by Crippen LogP contribution is -1.99. The van der Waals surface area contributed by atoms with E-state index in [0.717, 1.165) is 11.3 Å². The highest BCUT2D eigenvalue weighted by Crippen LogP contribution is 2.26. The summed E-state index contributed by atoms with van der Waals surface area (Å²) in [7, 11) is 0. The average Bonchev–Trinajstić information content (AvgIpc) is 3.06. The van der Waals surface area contributed by atoms with Crippen LogP contribution in [0, 0.1) is 18.3 Å². The van der Waals surface area contributed by atoms with E-state index >= 15 is 0 Å². The van der Waals surface area contributed by atoms with Gasteiger partial charge < -0.3 is 10.3 Å². The molecule has 0 saturated carbocycles. The molecule has 0 spiro atoms. The van der Waals surface area contributed by atoms with Crippen molar-refractivity contribution in [1.82, 2.24) is 19.9 Å². The van der Waals surface area contributed by atoms with Gasteiger partial charge in [-0.05, 0) is 17.2 Å². The molecule has 0 aliphatic rings. The topological polar surface area (TPSA) is 107 Å². The quantitative estimate of drug-likeness (QED) is 0.786. The predicted octanol–water partition coefficient (Wildman–Crippen LogP) is 2.01. The smallest absolute Gasteiger partial charge is 0.199 e. The third kappa shape index (κ3) is 2.34. The number of hydrogen-bond donors (Lipinski definition) is 1. The minimum atomic E-state index is 0.139. The van der Waals surface area contributed by atoms with E-state index in [1.165, 1.54) is 5.56 Å². The molecule has 21 heavy (non-hydrogen) atoms. The first-order chi connectivity index (χ1) is 10.2. The molecule has 0 fully saturated rings. The van der Waals surface area contributed by atoms with Crippen molar-refractivity contribution in [3.05, 3.63) is 36.0 Å². The third-order valence-electron chi connectivity index (χ3n) is 3.09. The number of nitrogens with zero attached hydrogens (tertiary/aromatic N) is 5. The summed E-state index contributed by atoms with van der Waals surface area (Å²) in [4.78, 5) is 4.50. The summed E-state index contributed by atoms with van der Waals surface area (Å²) in [5.41, 5.74) is 8.90. The Labute approximate surface area is 120 Å². The Balaban J connectivity index is 2.11.